The zero-order valence-electron chi connectivity index (χ0n) is 21.1. The Morgan fingerprint density at radius 3 is 2.76 bits per heavy atom. The molecular formula is C30H27FN4O3. The van der Waals surface area contributed by atoms with Crippen LogP contribution in [0.4, 0.5) is 4.39 Å². The summed E-state index contributed by atoms with van der Waals surface area (Å²) in [7, 11) is 0. The van der Waals surface area contributed by atoms with Crippen molar-refractivity contribution in [2.75, 3.05) is 0 Å². The molecule has 192 valence electrons. The van der Waals surface area contributed by atoms with Gasteiger partial charge in [0.2, 0.25) is 5.91 Å². The first-order valence-electron chi connectivity index (χ1n) is 12.4. The number of rotatable bonds is 7. The fraction of sp³-hybridized carbons (Fsp3) is 0.200. The molecule has 1 unspecified atom stereocenters. The molecule has 2 amide bonds. The molecule has 2 aromatic carbocycles. The van der Waals surface area contributed by atoms with Gasteiger partial charge in [-0.15, -0.1) is 0 Å². The summed E-state index contributed by atoms with van der Waals surface area (Å²) < 4.78 is 14.7. The largest absolute Gasteiger partial charge is 0.361 e. The molecule has 0 aliphatic carbocycles. The lowest BCUT2D eigenvalue weighted by molar-refractivity contribution is -0.121. The van der Waals surface area contributed by atoms with Crippen molar-refractivity contribution in [1.29, 1.82) is 0 Å². The van der Waals surface area contributed by atoms with Crippen LogP contribution in [0.2, 0.25) is 0 Å². The SMILES string of the molecule is CC1=C(C(=O)Cc2ccc3[nH]ccc3c2)C(c2ccc(F)c(C(=O)NCc3ncccc3C)c2)NC(=O)C1. The highest BCUT2D eigenvalue weighted by molar-refractivity contribution is 6.02. The normalized spacial score (nSPS) is 15.4. The number of carbonyl (C=O) groups excluding carboxylic acids is 3. The van der Waals surface area contributed by atoms with Gasteiger partial charge in [-0.05, 0) is 72.3 Å². The number of carbonyl (C=O) groups is 3. The Kier molecular flexibility index (Phi) is 6.87. The van der Waals surface area contributed by atoms with Crippen LogP contribution in [0.3, 0.4) is 0 Å². The number of aromatic amines is 1. The number of hydrogen-bond acceptors (Lipinski definition) is 4. The van der Waals surface area contributed by atoms with Crippen molar-refractivity contribution < 1.29 is 18.8 Å². The molecule has 2 aromatic heterocycles. The maximum Gasteiger partial charge on any atom is 0.254 e. The van der Waals surface area contributed by atoms with Gasteiger partial charge < -0.3 is 15.6 Å². The molecular weight excluding hydrogens is 483 g/mol. The Morgan fingerprint density at radius 2 is 1.95 bits per heavy atom. The summed E-state index contributed by atoms with van der Waals surface area (Å²) in [6.07, 6.45) is 3.73. The Hall–Kier alpha value is -4.59. The van der Waals surface area contributed by atoms with Crippen LogP contribution in [0.25, 0.3) is 10.9 Å². The summed E-state index contributed by atoms with van der Waals surface area (Å²) in [6, 6.07) is 14.7. The number of pyridine rings is 1. The third-order valence-electron chi connectivity index (χ3n) is 6.86. The smallest absolute Gasteiger partial charge is 0.254 e. The first-order chi connectivity index (χ1) is 18.3. The van der Waals surface area contributed by atoms with E-state index in [1.807, 2.05) is 43.5 Å². The number of aryl methyl sites for hydroxylation is 1. The molecule has 1 aliphatic rings. The summed E-state index contributed by atoms with van der Waals surface area (Å²) in [4.78, 5) is 46.3. The van der Waals surface area contributed by atoms with Crippen LogP contribution in [-0.4, -0.2) is 27.6 Å². The lowest BCUT2D eigenvalue weighted by atomic mass is 9.85. The van der Waals surface area contributed by atoms with Gasteiger partial charge in [0.25, 0.3) is 5.91 Å². The van der Waals surface area contributed by atoms with E-state index in [1.165, 1.54) is 18.2 Å². The summed E-state index contributed by atoms with van der Waals surface area (Å²) in [5.41, 5.74) is 4.83. The minimum atomic E-state index is -0.787. The van der Waals surface area contributed by atoms with Crippen molar-refractivity contribution in [2.24, 2.45) is 0 Å². The number of H-pyrrole nitrogens is 1. The minimum absolute atomic E-state index is 0.104. The minimum Gasteiger partial charge on any atom is -0.361 e. The van der Waals surface area contributed by atoms with Crippen molar-refractivity contribution in [3.63, 3.8) is 0 Å². The lowest BCUT2D eigenvalue weighted by Gasteiger charge is -2.28. The van der Waals surface area contributed by atoms with Gasteiger partial charge in [-0.25, -0.2) is 4.39 Å². The van der Waals surface area contributed by atoms with Gasteiger partial charge in [-0.2, -0.15) is 0 Å². The van der Waals surface area contributed by atoms with E-state index in [0.717, 1.165) is 22.0 Å². The van der Waals surface area contributed by atoms with Crippen LogP contribution in [0.15, 0.2) is 78.1 Å². The molecule has 0 spiro atoms. The number of halogens is 1. The molecule has 38 heavy (non-hydrogen) atoms. The summed E-state index contributed by atoms with van der Waals surface area (Å²) in [5, 5.41) is 6.59. The molecule has 0 fully saturated rings. The van der Waals surface area contributed by atoms with E-state index in [1.54, 1.807) is 19.2 Å². The average Bonchev–Trinajstić information content (AvgIpc) is 3.36. The van der Waals surface area contributed by atoms with Crippen LogP contribution in [0.1, 0.15) is 52.1 Å². The van der Waals surface area contributed by atoms with E-state index in [9.17, 15) is 18.8 Å². The van der Waals surface area contributed by atoms with E-state index in [-0.39, 0.29) is 36.6 Å². The molecule has 4 aromatic rings. The molecule has 1 atom stereocenters. The van der Waals surface area contributed by atoms with Gasteiger partial charge in [-0.1, -0.05) is 23.8 Å². The highest BCUT2D eigenvalue weighted by atomic mass is 19.1. The Morgan fingerprint density at radius 1 is 1.11 bits per heavy atom. The third-order valence-corrected chi connectivity index (χ3v) is 6.86. The number of amides is 2. The number of hydrogen-bond donors (Lipinski definition) is 3. The Bertz CT molecular complexity index is 1600. The Balaban J connectivity index is 1.41. The van der Waals surface area contributed by atoms with Crippen LogP contribution in [0.5, 0.6) is 0 Å². The number of Topliss-reactive ketones (excluding diaryl/α,β-unsaturated/α-hetero) is 1. The molecule has 0 saturated heterocycles. The number of fused-ring (bicyclic) bond motifs is 1. The van der Waals surface area contributed by atoms with Gasteiger partial charge in [0.1, 0.15) is 5.82 Å². The van der Waals surface area contributed by atoms with Crippen LogP contribution >= 0.6 is 0 Å². The number of aromatic nitrogens is 2. The van der Waals surface area contributed by atoms with E-state index in [2.05, 4.69) is 20.6 Å². The zero-order chi connectivity index (χ0) is 26.8. The van der Waals surface area contributed by atoms with Crippen molar-refractivity contribution in [2.45, 2.75) is 39.3 Å². The standard InChI is InChI=1S/C30H27FN4O3/c1-17-4-3-10-32-25(17)16-34-30(38)22-15-21(6-7-23(22)31)29-28(18(2)12-27(37)35-29)26(36)14-19-5-8-24-20(13-19)9-11-33-24/h3-11,13,15,29,33H,12,14,16H2,1-2H3,(H,34,38)(H,35,37). The molecule has 0 radical (unpaired) electrons. The average molecular weight is 511 g/mol. The van der Waals surface area contributed by atoms with Crippen molar-refractivity contribution in [3.8, 4) is 0 Å². The van der Waals surface area contributed by atoms with E-state index < -0.39 is 17.8 Å². The van der Waals surface area contributed by atoms with Crippen molar-refractivity contribution in [3.05, 3.63) is 112 Å². The molecule has 3 N–H and O–H groups in total. The number of benzene rings is 2. The molecule has 7 nitrogen and oxygen atoms in total. The molecule has 0 saturated carbocycles. The maximum absolute atomic E-state index is 14.7. The topological polar surface area (TPSA) is 104 Å². The predicted octanol–water partition coefficient (Wildman–Crippen LogP) is 4.63. The second-order valence-electron chi connectivity index (χ2n) is 9.56. The zero-order valence-corrected chi connectivity index (χ0v) is 21.1. The van der Waals surface area contributed by atoms with Gasteiger partial charge >= 0.3 is 0 Å². The molecule has 0 bridgehead atoms. The van der Waals surface area contributed by atoms with E-state index >= 15 is 0 Å². The molecule has 8 heteroatoms. The summed E-state index contributed by atoms with van der Waals surface area (Å²) in [5.74, 6) is -1.67. The summed E-state index contributed by atoms with van der Waals surface area (Å²) in [6.45, 7) is 3.79. The number of nitrogens with one attached hydrogen (secondary N) is 3. The summed E-state index contributed by atoms with van der Waals surface area (Å²) >= 11 is 0. The second-order valence-corrected chi connectivity index (χ2v) is 9.56. The fourth-order valence-corrected chi connectivity index (χ4v) is 4.87. The lowest BCUT2D eigenvalue weighted by Crippen LogP contribution is -2.37. The monoisotopic (exact) mass is 510 g/mol. The number of nitrogens with zero attached hydrogens (tertiary/aromatic N) is 1. The van der Waals surface area contributed by atoms with E-state index in [4.69, 9.17) is 0 Å². The van der Waals surface area contributed by atoms with Crippen molar-refractivity contribution >= 4 is 28.5 Å². The quantitative estimate of drug-likeness (QED) is 0.337. The van der Waals surface area contributed by atoms with Crippen LogP contribution < -0.4 is 10.6 Å². The fourth-order valence-electron chi connectivity index (χ4n) is 4.87. The Labute approximate surface area is 219 Å². The maximum atomic E-state index is 14.7. The van der Waals surface area contributed by atoms with Crippen LogP contribution in [0, 0.1) is 12.7 Å². The first kappa shape index (κ1) is 25.1. The predicted molar refractivity (Wildman–Crippen MR) is 142 cm³/mol. The third kappa shape index (κ3) is 5.11. The van der Waals surface area contributed by atoms with Gasteiger partial charge in [0.15, 0.2) is 5.78 Å². The highest BCUT2D eigenvalue weighted by Crippen LogP contribution is 2.32. The van der Waals surface area contributed by atoms with Gasteiger partial charge in [0, 0.05) is 36.3 Å². The molecule has 3 heterocycles. The van der Waals surface area contributed by atoms with E-state index in [0.29, 0.717) is 22.4 Å². The first-order valence-corrected chi connectivity index (χ1v) is 12.4. The van der Waals surface area contributed by atoms with Crippen molar-refractivity contribution in [1.82, 2.24) is 20.6 Å². The van der Waals surface area contributed by atoms with Crippen LogP contribution in [-0.2, 0) is 22.6 Å². The molecule has 5 rings (SSSR count). The number of ketones is 1. The highest BCUT2D eigenvalue weighted by Gasteiger charge is 2.31. The van der Waals surface area contributed by atoms with Gasteiger partial charge in [-0.3, -0.25) is 19.4 Å². The second kappa shape index (κ2) is 10.4. The van der Waals surface area contributed by atoms with Gasteiger partial charge in [0.05, 0.1) is 23.8 Å². The molecule has 1 aliphatic heterocycles.